The summed E-state index contributed by atoms with van der Waals surface area (Å²) >= 11 is 0. The van der Waals surface area contributed by atoms with E-state index in [-0.39, 0.29) is 35.8 Å². The molecule has 160 valence electrons. The van der Waals surface area contributed by atoms with E-state index in [1.165, 1.54) is 24.3 Å². The largest absolute Gasteiger partial charge is 0.484 e. The van der Waals surface area contributed by atoms with Crippen LogP contribution < -0.4 is 4.74 Å². The van der Waals surface area contributed by atoms with Crippen molar-refractivity contribution in [1.29, 1.82) is 0 Å². The van der Waals surface area contributed by atoms with Crippen LogP contribution in [0.1, 0.15) is 35.7 Å². The molecule has 8 heteroatoms. The third kappa shape index (κ3) is 5.44. The Bertz CT molecular complexity index is 1000. The Hall–Kier alpha value is -2.74. The van der Waals surface area contributed by atoms with Gasteiger partial charge in [-0.3, -0.25) is 9.59 Å². The number of carbonyl (C=O) groups excluding carboxylic acids is 2. The lowest BCUT2D eigenvalue weighted by molar-refractivity contribution is -0.135. The number of benzene rings is 2. The Labute approximate surface area is 175 Å². The summed E-state index contributed by atoms with van der Waals surface area (Å²) in [7, 11) is -3.09. The van der Waals surface area contributed by atoms with Gasteiger partial charge in [-0.25, -0.2) is 12.8 Å². The summed E-state index contributed by atoms with van der Waals surface area (Å²) in [6.07, 6.45) is 1.18. The molecule has 0 bridgehead atoms. The smallest absolute Gasteiger partial charge is 0.260 e. The topological polar surface area (TPSA) is 80.8 Å². The Morgan fingerprint density at radius 3 is 2.20 bits per heavy atom. The van der Waals surface area contributed by atoms with Crippen LogP contribution in [0.5, 0.6) is 5.75 Å². The number of hydrogen-bond acceptors (Lipinski definition) is 5. The molecule has 0 radical (unpaired) electrons. The number of halogens is 1. The average molecular weight is 434 g/mol. The van der Waals surface area contributed by atoms with Crippen LogP contribution in [0.15, 0.2) is 48.5 Å². The highest BCUT2D eigenvalue weighted by molar-refractivity contribution is 7.91. The Balaban J connectivity index is 1.60. The highest BCUT2D eigenvalue weighted by Crippen LogP contribution is 2.20. The lowest BCUT2D eigenvalue weighted by atomic mass is 10.0. The molecule has 6 nitrogen and oxygen atoms in total. The van der Waals surface area contributed by atoms with Gasteiger partial charge in [0.2, 0.25) is 0 Å². The lowest BCUT2D eigenvalue weighted by Gasteiger charge is -2.27. The van der Waals surface area contributed by atoms with Gasteiger partial charge in [-0.1, -0.05) is 6.92 Å². The Kier molecular flexibility index (Phi) is 6.87. The molecule has 0 N–H and O–H groups in total. The summed E-state index contributed by atoms with van der Waals surface area (Å²) in [4.78, 5) is 26.6. The summed E-state index contributed by atoms with van der Waals surface area (Å²) in [6.45, 7) is 2.21. The van der Waals surface area contributed by atoms with Crippen LogP contribution in [-0.2, 0) is 14.6 Å². The Morgan fingerprint density at radius 2 is 1.67 bits per heavy atom. The molecule has 0 spiro atoms. The molecule has 1 aliphatic rings. The van der Waals surface area contributed by atoms with Crippen LogP contribution in [0.3, 0.4) is 0 Å². The van der Waals surface area contributed by atoms with Gasteiger partial charge in [0.25, 0.3) is 5.91 Å². The monoisotopic (exact) mass is 433 g/mol. The van der Waals surface area contributed by atoms with E-state index < -0.39 is 15.7 Å². The SMILES string of the molecule is CCCN(C(=O)COc1ccc(C(=O)c2ccc(F)cc2)cc1)[C@@H]1CCS(=O)(=O)C1. The standard InChI is InChI=1S/C22H24FNO5S/c1-2-12-24(19-11-13-30(27,28)15-19)21(25)14-29-20-9-5-17(6-10-20)22(26)16-3-7-18(23)8-4-16/h3-10,19H,2,11-15H2,1H3/t19-/m1/s1. The molecule has 1 heterocycles. The van der Waals surface area contributed by atoms with Crippen molar-refractivity contribution in [3.63, 3.8) is 0 Å². The molecule has 1 aliphatic heterocycles. The van der Waals surface area contributed by atoms with Gasteiger partial charge < -0.3 is 9.64 Å². The fourth-order valence-electron chi connectivity index (χ4n) is 3.47. The molecule has 1 atom stereocenters. The molecule has 1 saturated heterocycles. The zero-order valence-corrected chi connectivity index (χ0v) is 17.5. The van der Waals surface area contributed by atoms with Crippen molar-refractivity contribution in [3.05, 3.63) is 65.5 Å². The molecule has 3 rings (SSSR count). The maximum absolute atomic E-state index is 13.0. The van der Waals surface area contributed by atoms with E-state index in [9.17, 15) is 22.4 Å². The summed E-state index contributed by atoms with van der Waals surface area (Å²) in [5.74, 6) is -0.379. The van der Waals surface area contributed by atoms with Gasteiger partial charge in [-0.05, 0) is 61.4 Å². The number of rotatable bonds is 8. The van der Waals surface area contributed by atoms with Gasteiger partial charge in [0.1, 0.15) is 11.6 Å². The third-order valence-corrected chi connectivity index (χ3v) is 6.77. The van der Waals surface area contributed by atoms with Crippen molar-refractivity contribution in [2.75, 3.05) is 24.7 Å². The third-order valence-electron chi connectivity index (χ3n) is 5.02. The molecular weight excluding hydrogens is 409 g/mol. The summed E-state index contributed by atoms with van der Waals surface area (Å²) < 4.78 is 42.1. The van der Waals surface area contributed by atoms with Crippen LogP contribution >= 0.6 is 0 Å². The van der Waals surface area contributed by atoms with Gasteiger partial charge in [-0.15, -0.1) is 0 Å². The molecule has 0 unspecified atom stereocenters. The zero-order chi connectivity index (χ0) is 21.7. The minimum atomic E-state index is -3.09. The van der Waals surface area contributed by atoms with Gasteiger partial charge in [-0.2, -0.15) is 0 Å². The van der Waals surface area contributed by atoms with Crippen LogP contribution in [0, 0.1) is 5.82 Å². The lowest BCUT2D eigenvalue weighted by Crippen LogP contribution is -2.44. The van der Waals surface area contributed by atoms with Crippen molar-refractivity contribution < 1.29 is 27.1 Å². The highest BCUT2D eigenvalue weighted by Gasteiger charge is 2.34. The van der Waals surface area contributed by atoms with Crippen LogP contribution in [0.4, 0.5) is 4.39 Å². The first-order valence-electron chi connectivity index (χ1n) is 9.82. The first-order chi connectivity index (χ1) is 14.3. The van der Waals surface area contributed by atoms with E-state index in [1.54, 1.807) is 29.2 Å². The van der Waals surface area contributed by atoms with Crippen molar-refractivity contribution in [3.8, 4) is 5.75 Å². The van der Waals surface area contributed by atoms with E-state index >= 15 is 0 Å². The molecule has 0 aliphatic carbocycles. The van der Waals surface area contributed by atoms with E-state index in [2.05, 4.69) is 0 Å². The average Bonchev–Trinajstić information content (AvgIpc) is 3.10. The molecule has 0 aromatic heterocycles. The van der Waals surface area contributed by atoms with Crippen LogP contribution in [-0.4, -0.2) is 55.7 Å². The van der Waals surface area contributed by atoms with E-state index in [4.69, 9.17) is 4.74 Å². The number of ketones is 1. The molecule has 0 saturated carbocycles. The van der Waals surface area contributed by atoms with Crippen molar-refractivity contribution in [1.82, 2.24) is 4.90 Å². The zero-order valence-electron chi connectivity index (χ0n) is 16.7. The fourth-order valence-corrected chi connectivity index (χ4v) is 5.20. The minimum Gasteiger partial charge on any atom is -0.484 e. The van der Waals surface area contributed by atoms with E-state index in [1.807, 2.05) is 6.92 Å². The van der Waals surface area contributed by atoms with E-state index in [0.717, 1.165) is 6.42 Å². The number of hydrogen-bond donors (Lipinski definition) is 0. The minimum absolute atomic E-state index is 0.00106. The molecule has 2 aromatic carbocycles. The highest BCUT2D eigenvalue weighted by atomic mass is 32.2. The molecule has 1 fully saturated rings. The van der Waals surface area contributed by atoms with E-state index in [0.29, 0.717) is 29.8 Å². The number of carbonyl (C=O) groups is 2. The molecular formula is C22H24FNO5S. The van der Waals surface area contributed by atoms with Crippen LogP contribution in [0.2, 0.25) is 0 Å². The van der Waals surface area contributed by atoms with Gasteiger partial charge in [0.15, 0.2) is 22.2 Å². The van der Waals surface area contributed by atoms with Gasteiger partial charge in [0.05, 0.1) is 11.5 Å². The maximum Gasteiger partial charge on any atom is 0.260 e. The van der Waals surface area contributed by atoms with Crippen LogP contribution in [0.25, 0.3) is 0 Å². The van der Waals surface area contributed by atoms with Crippen molar-refractivity contribution >= 4 is 21.5 Å². The normalized spacial score (nSPS) is 17.5. The second-order valence-electron chi connectivity index (χ2n) is 7.29. The predicted octanol–water partition coefficient (Wildman–Crippen LogP) is 2.86. The molecule has 1 amide bonds. The summed E-state index contributed by atoms with van der Waals surface area (Å²) in [5.41, 5.74) is 0.797. The molecule has 2 aromatic rings. The number of nitrogens with zero attached hydrogens (tertiary/aromatic N) is 1. The molecule has 30 heavy (non-hydrogen) atoms. The predicted molar refractivity (Wildman–Crippen MR) is 111 cm³/mol. The van der Waals surface area contributed by atoms with Gasteiger partial charge >= 0.3 is 0 Å². The Morgan fingerprint density at radius 1 is 1.07 bits per heavy atom. The maximum atomic E-state index is 13.0. The quantitative estimate of drug-likeness (QED) is 0.598. The number of ether oxygens (including phenoxy) is 1. The fraction of sp³-hybridized carbons (Fsp3) is 0.364. The number of amides is 1. The first kappa shape index (κ1) is 22.0. The van der Waals surface area contributed by atoms with Crippen molar-refractivity contribution in [2.24, 2.45) is 0 Å². The second kappa shape index (κ2) is 9.38. The van der Waals surface area contributed by atoms with Crippen molar-refractivity contribution in [2.45, 2.75) is 25.8 Å². The summed E-state index contributed by atoms with van der Waals surface area (Å²) in [5, 5.41) is 0. The first-order valence-corrected chi connectivity index (χ1v) is 11.6. The second-order valence-corrected chi connectivity index (χ2v) is 9.52. The number of sulfone groups is 1. The summed E-state index contributed by atoms with van der Waals surface area (Å²) in [6, 6.07) is 11.3. The van der Waals surface area contributed by atoms with Gasteiger partial charge in [0, 0.05) is 23.7 Å².